The lowest BCUT2D eigenvalue weighted by Crippen LogP contribution is -2.27. The Balaban J connectivity index is 1.72. The molecule has 0 radical (unpaired) electrons. The van der Waals surface area contributed by atoms with E-state index >= 15 is 0 Å². The van der Waals surface area contributed by atoms with Crippen LogP contribution in [0.3, 0.4) is 0 Å². The summed E-state index contributed by atoms with van der Waals surface area (Å²) in [7, 11) is 0. The third-order valence-corrected chi connectivity index (χ3v) is 4.45. The predicted octanol–water partition coefficient (Wildman–Crippen LogP) is 2.77. The zero-order valence-corrected chi connectivity index (χ0v) is 14.3. The highest BCUT2D eigenvalue weighted by Gasteiger charge is 2.24. The molecule has 3 rings (SSSR count). The molecule has 25 heavy (non-hydrogen) atoms. The summed E-state index contributed by atoms with van der Waals surface area (Å²) in [5.41, 5.74) is 4.28. The first kappa shape index (κ1) is 17.2. The minimum Gasteiger partial charge on any atom is -0.396 e. The van der Waals surface area contributed by atoms with Crippen LogP contribution in [-0.4, -0.2) is 30.1 Å². The molecule has 1 heterocycles. The highest BCUT2D eigenvalue weighted by Crippen LogP contribution is 2.29. The van der Waals surface area contributed by atoms with E-state index in [1.165, 1.54) is 0 Å². The average Bonchev–Trinajstić information content (AvgIpc) is 3.06. The van der Waals surface area contributed by atoms with Gasteiger partial charge in [-0.25, -0.2) is 0 Å². The molecule has 2 aromatic carbocycles. The molecular weight excluding hydrogens is 316 g/mol. The van der Waals surface area contributed by atoms with Gasteiger partial charge in [0.2, 0.25) is 5.91 Å². The second-order valence-electron chi connectivity index (χ2n) is 6.12. The van der Waals surface area contributed by atoms with Crippen molar-refractivity contribution in [2.24, 2.45) is 0 Å². The van der Waals surface area contributed by atoms with Gasteiger partial charge in [0.25, 0.3) is 5.91 Å². The number of fused-ring (bicyclic) bond motifs is 1. The van der Waals surface area contributed by atoms with Crippen molar-refractivity contribution in [3.8, 4) is 0 Å². The van der Waals surface area contributed by atoms with Crippen molar-refractivity contribution in [2.75, 3.05) is 23.4 Å². The van der Waals surface area contributed by atoms with Gasteiger partial charge in [0.05, 0.1) is 0 Å². The summed E-state index contributed by atoms with van der Waals surface area (Å²) in [6, 6.07) is 12.9. The molecule has 0 atom stereocenters. The van der Waals surface area contributed by atoms with E-state index in [1.54, 1.807) is 11.0 Å². The zero-order valence-electron chi connectivity index (χ0n) is 14.3. The van der Waals surface area contributed by atoms with Crippen LogP contribution in [0.25, 0.3) is 0 Å². The molecule has 1 aliphatic heterocycles. The number of amides is 2. The highest BCUT2D eigenvalue weighted by atomic mass is 16.3. The molecule has 0 bridgehead atoms. The number of hydrogen-bond acceptors (Lipinski definition) is 3. The number of nitrogens with one attached hydrogen (secondary N) is 1. The maximum atomic E-state index is 12.5. The molecule has 2 N–H and O–H groups in total. The van der Waals surface area contributed by atoms with Crippen molar-refractivity contribution in [2.45, 2.75) is 26.2 Å². The molecule has 5 heteroatoms. The van der Waals surface area contributed by atoms with Crippen LogP contribution < -0.4 is 10.2 Å². The van der Waals surface area contributed by atoms with Crippen LogP contribution in [-0.2, 0) is 17.6 Å². The molecule has 2 aromatic rings. The van der Waals surface area contributed by atoms with Gasteiger partial charge in [-0.3, -0.25) is 9.59 Å². The average molecular weight is 338 g/mol. The van der Waals surface area contributed by atoms with E-state index in [0.29, 0.717) is 24.9 Å². The number of nitrogens with zero attached hydrogens (tertiary/aromatic N) is 1. The van der Waals surface area contributed by atoms with Gasteiger partial charge in [0.1, 0.15) is 0 Å². The van der Waals surface area contributed by atoms with Crippen molar-refractivity contribution in [1.82, 2.24) is 0 Å². The van der Waals surface area contributed by atoms with E-state index in [2.05, 4.69) is 5.32 Å². The van der Waals surface area contributed by atoms with E-state index in [1.807, 2.05) is 43.3 Å². The van der Waals surface area contributed by atoms with Crippen molar-refractivity contribution < 1.29 is 14.7 Å². The smallest absolute Gasteiger partial charge is 0.255 e. The number of aliphatic hydroxyl groups excluding tert-OH is 1. The van der Waals surface area contributed by atoms with Gasteiger partial charge >= 0.3 is 0 Å². The van der Waals surface area contributed by atoms with Crippen LogP contribution >= 0.6 is 0 Å². The van der Waals surface area contributed by atoms with Crippen LogP contribution in [0.2, 0.25) is 0 Å². The first-order valence-electron chi connectivity index (χ1n) is 8.57. The Morgan fingerprint density at radius 2 is 1.92 bits per heavy atom. The third-order valence-electron chi connectivity index (χ3n) is 4.45. The van der Waals surface area contributed by atoms with Crippen molar-refractivity contribution >= 4 is 23.2 Å². The fourth-order valence-corrected chi connectivity index (χ4v) is 3.08. The number of rotatable bonds is 5. The summed E-state index contributed by atoms with van der Waals surface area (Å²) in [5, 5.41) is 11.8. The summed E-state index contributed by atoms with van der Waals surface area (Å²) >= 11 is 0. The van der Waals surface area contributed by atoms with Crippen LogP contribution in [0.5, 0.6) is 0 Å². The van der Waals surface area contributed by atoms with Gasteiger partial charge in [-0.1, -0.05) is 19.1 Å². The summed E-state index contributed by atoms with van der Waals surface area (Å²) in [6.07, 6.45) is 1.86. The maximum absolute atomic E-state index is 12.5. The lowest BCUT2D eigenvalue weighted by atomic mass is 10.1. The molecule has 0 unspecified atom stereocenters. The summed E-state index contributed by atoms with van der Waals surface area (Å²) in [6.45, 7) is 2.64. The molecule has 0 spiro atoms. The molecular formula is C20H22N2O3. The standard InChI is InChI=1S/C20H22N2O3/c1-2-19(24)22-11-9-15-13-16(5-8-18(15)22)20(25)21-17-6-3-14(4-7-17)10-12-23/h3-8,13,23H,2,9-12H2,1H3,(H,21,25). The molecule has 0 saturated heterocycles. The Morgan fingerprint density at radius 1 is 1.16 bits per heavy atom. The monoisotopic (exact) mass is 338 g/mol. The van der Waals surface area contributed by atoms with Crippen LogP contribution in [0, 0.1) is 0 Å². The van der Waals surface area contributed by atoms with E-state index in [0.717, 1.165) is 28.9 Å². The maximum Gasteiger partial charge on any atom is 0.255 e. The number of carbonyl (C=O) groups excluding carboxylic acids is 2. The lowest BCUT2D eigenvalue weighted by Gasteiger charge is -2.16. The van der Waals surface area contributed by atoms with Crippen molar-refractivity contribution in [1.29, 1.82) is 0 Å². The zero-order chi connectivity index (χ0) is 17.8. The quantitative estimate of drug-likeness (QED) is 0.881. The number of benzene rings is 2. The summed E-state index contributed by atoms with van der Waals surface area (Å²) in [5.74, 6) is -0.0584. The Labute approximate surface area is 147 Å². The van der Waals surface area contributed by atoms with Crippen LogP contribution in [0.4, 0.5) is 11.4 Å². The number of aliphatic hydroxyl groups is 1. The van der Waals surface area contributed by atoms with Gasteiger partial charge in [-0.2, -0.15) is 0 Å². The van der Waals surface area contributed by atoms with Gasteiger partial charge in [-0.05, 0) is 54.3 Å². The molecule has 0 aliphatic carbocycles. The molecule has 0 saturated carbocycles. The first-order chi connectivity index (χ1) is 12.1. The van der Waals surface area contributed by atoms with Gasteiger partial charge in [-0.15, -0.1) is 0 Å². The highest BCUT2D eigenvalue weighted by molar-refractivity contribution is 6.05. The van der Waals surface area contributed by atoms with Gasteiger partial charge in [0.15, 0.2) is 0 Å². The molecule has 130 valence electrons. The van der Waals surface area contributed by atoms with Crippen LogP contribution in [0.15, 0.2) is 42.5 Å². The second kappa shape index (κ2) is 7.49. The Morgan fingerprint density at radius 3 is 2.60 bits per heavy atom. The van der Waals surface area contributed by atoms with E-state index in [-0.39, 0.29) is 18.4 Å². The SMILES string of the molecule is CCC(=O)N1CCc2cc(C(=O)Nc3ccc(CCO)cc3)ccc21. The summed E-state index contributed by atoms with van der Waals surface area (Å²) in [4.78, 5) is 26.2. The Kier molecular flexibility index (Phi) is 5.14. The van der Waals surface area contributed by atoms with E-state index in [9.17, 15) is 9.59 Å². The minimum absolute atomic E-state index is 0.110. The lowest BCUT2D eigenvalue weighted by molar-refractivity contribution is -0.118. The predicted molar refractivity (Wildman–Crippen MR) is 98.0 cm³/mol. The fourth-order valence-electron chi connectivity index (χ4n) is 3.08. The van der Waals surface area contributed by atoms with Crippen molar-refractivity contribution in [3.05, 3.63) is 59.2 Å². The fraction of sp³-hybridized carbons (Fsp3) is 0.300. The second-order valence-corrected chi connectivity index (χ2v) is 6.12. The van der Waals surface area contributed by atoms with Gasteiger partial charge in [0, 0.05) is 36.5 Å². The first-order valence-corrected chi connectivity index (χ1v) is 8.57. The Bertz CT molecular complexity index is 784. The largest absolute Gasteiger partial charge is 0.396 e. The molecule has 0 aromatic heterocycles. The molecule has 0 fully saturated rings. The third kappa shape index (κ3) is 3.72. The molecule has 5 nitrogen and oxygen atoms in total. The Hall–Kier alpha value is -2.66. The van der Waals surface area contributed by atoms with Gasteiger partial charge < -0.3 is 15.3 Å². The normalized spacial score (nSPS) is 12.8. The minimum atomic E-state index is -0.169. The van der Waals surface area contributed by atoms with E-state index < -0.39 is 0 Å². The molecule has 2 amide bonds. The van der Waals surface area contributed by atoms with Crippen molar-refractivity contribution in [3.63, 3.8) is 0 Å². The number of anilines is 2. The number of hydrogen-bond donors (Lipinski definition) is 2. The van der Waals surface area contributed by atoms with Crippen LogP contribution in [0.1, 0.15) is 34.8 Å². The number of carbonyl (C=O) groups is 2. The van der Waals surface area contributed by atoms with E-state index in [4.69, 9.17) is 5.11 Å². The molecule has 1 aliphatic rings. The topological polar surface area (TPSA) is 69.6 Å². The summed E-state index contributed by atoms with van der Waals surface area (Å²) < 4.78 is 0.